The number of esters is 2. The summed E-state index contributed by atoms with van der Waals surface area (Å²) in [5, 5.41) is 0. The van der Waals surface area contributed by atoms with E-state index in [2.05, 4.69) is 16.1 Å². The molecule has 74 valence electrons. The normalized spacial score (nSPS) is 10.4. The number of hydrogen-bond donors (Lipinski definition) is 0. The molecule has 4 nitrogen and oxygen atoms in total. The standard InChI is InChI=1S/C9H14O4/c1-5-7(10)12-6-13-8(11)9(2,3)4/h5H,1,6H2,2-4H3. The molecule has 0 aliphatic carbocycles. The van der Waals surface area contributed by atoms with Crippen molar-refractivity contribution in [3.63, 3.8) is 0 Å². The highest BCUT2D eigenvalue weighted by Gasteiger charge is 2.23. The van der Waals surface area contributed by atoms with Crippen LogP contribution in [0.5, 0.6) is 0 Å². The summed E-state index contributed by atoms with van der Waals surface area (Å²) >= 11 is 0. The van der Waals surface area contributed by atoms with Crippen LogP contribution in [-0.4, -0.2) is 18.7 Å². The number of hydrogen-bond acceptors (Lipinski definition) is 4. The molecule has 0 unspecified atom stereocenters. The van der Waals surface area contributed by atoms with Crippen molar-refractivity contribution in [3.8, 4) is 0 Å². The van der Waals surface area contributed by atoms with Crippen LogP contribution in [0.4, 0.5) is 0 Å². The lowest BCUT2D eigenvalue weighted by Gasteiger charge is -2.15. The van der Waals surface area contributed by atoms with Crippen LogP contribution >= 0.6 is 0 Å². The van der Waals surface area contributed by atoms with Gasteiger partial charge in [-0.2, -0.15) is 0 Å². The molecular weight excluding hydrogens is 172 g/mol. The summed E-state index contributed by atoms with van der Waals surface area (Å²) in [5.74, 6) is -1.02. The van der Waals surface area contributed by atoms with Gasteiger partial charge in [0.1, 0.15) is 0 Å². The SMILES string of the molecule is C=CC(=O)OCOC(=O)C(C)(C)C. The van der Waals surface area contributed by atoms with Crippen molar-refractivity contribution in [2.24, 2.45) is 5.41 Å². The maximum atomic E-state index is 11.1. The Morgan fingerprint density at radius 1 is 1.31 bits per heavy atom. The van der Waals surface area contributed by atoms with E-state index in [1.54, 1.807) is 20.8 Å². The summed E-state index contributed by atoms with van der Waals surface area (Å²) in [6, 6.07) is 0. The van der Waals surface area contributed by atoms with Crippen molar-refractivity contribution in [2.45, 2.75) is 20.8 Å². The maximum absolute atomic E-state index is 11.1. The van der Waals surface area contributed by atoms with Gasteiger partial charge in [0, 0.05) is 6.08 Å². The van der Waals surface area contributed by atoms with E-state index < -0.39 is 17.4 Å². The van der Waals surface area contributed by atoms with Crippen LogP contribution in [0.1, 0.15) is 20.8 Å². The summed E-state index contributed by atoms with van der Waals surface area (Å²) in [6.07, 6.45) is 1.00. The monoisotopic (exact) mass is 186 g/mol. The van der Waals surface area contributed by atoms with Gasteiger partial charge in [-0.3, -0.25) is 4.79 Å². The van der Waals surface area contributed by atoms with E-state index in [1.807, 2.05) is 0 Å². The summed E-state index contributed by atoms with van der Waals surface area (Å²) < 4.78 is 9.11. The first-order valence-electron chi connectivity index (χ1n) is 3.84. The molecule has 0 aromatic carbocycles. The van der Waals surface area contributed by atoms with Crippen LogP contribution in [0.2, 0.25) is 0 Å². The van der Waals surface area contributed by atoms with Crippen LogP contribution in [-0.2, 0) is 19.1 Å². The minimum absolute atomic E-state index is 0.360. The second kappa shape index (κ2) is 4.64. The smallest absolute Gasteiger partial charge is 0.333 e. The van der Waals surface area contributed by atoms with Gasteiger partial charge in [0.15, 0.2) is 0 Å². The molecule has 0 aliphatic heterocycles. The van der Waals surface area contributed by atoms with Gasteiger partial charge in [0.25, 0.3) is 0 Å². The molecule has 0 N–H and O–H groups in total. The summed E-state index contributed by atoms with van der Waals surface area (Å²) in [4.78, 5) is 21.6. The third kappa shape index (κ3) is 5.00. The van der Waals surface area contributed by atoms with Crippen LogP contribution in [0, 0.1) is 5.41 Å². The van der Waals surface area contributed by atoms with Crippen molar-refractivity contribution in [2.75, 3.05) is 6.79 Å². The maximum Gasteiger partial charge on any atom is 0.333 e. The fourth-order valence-electron chi connectivity index (χ4n) is 0.416. The number of carbonyl (C=O) groups is 2. The van der Waals surface area contributed by atoms with E-state index >= 15 is 0 Å². The molecule has 0 amide bonds. The Kier molecular flexibility index (Phi) is 4.17. The molecule has 4 heteroatoms. The molecule has 0 heterocycles. The van der Waals surface area contributed by atoms with Crippen LogP contribution in [0.15, 0.2) is 12.7 Å². The summed E-state index contributed by atoms with van der Waals surface area (Å²) in [5.41, 5.74) is -0.583. The minimum atomic E-state index is -0.610. The fourth-order valence-corrected chi connectivity index (χ4v) is 0.416. The van der Waals surface area contributed by atoms with Gasteiger partial charge in [-0.25, -0.2) is 4.79 Å². The van der Waals surface area contributed by atoms with E-state index in [4.69, 9.17) is 0 Å². The van der Waals surface area contributed by atoms with Crippen LogP contribution < -0.4 is 0 Å². The van der Waals surface area contributed by atoms with Gasteiger partial charge in [0.05, 0.1) is 5.41 Å². The molecule has 0 bridgehead atoms. The van der Waals surface area contributed by atoms with Crippen molar-refractivity contribution in [3.05, 3.63) is 12.7 Å². The van der Waals surface area contributed by atoms with Crippen molar-refractivity contribution < 1.29 is 19.1 Å². The Labute approximate surface area is 77.5 Å². The lowest BCUT2D eigenvalue weighted by Crippen LogP contribution is -2.24. The molecule has 0 aliphatic rings. The summed E-state index contributed by atoms with van der Waals surface area (Å²) in [6.45, 7) is 7.97. The molecule has 0 radical (unpaired) electrons. The van der Waals surface area contributed by atoms with Gasteiger partial charge in [-0.05, 0) is 20.8 Å². The first-order valence-corrected chi connectivity index (χ1v) is 3.84. The third-order valence-corrected chi connectivity index (χ3v) is 1.17. The Morgan fingerprint density at radius 2 is 1.85 bits per heavy atom. The zero-order chi connectivity index (χ0) is 10.5. The lowest BCUT2D eigenvalue weighted by molar-refractivity contribution is -0.170. The third-order valence-electron chi connectivity index (χ3n) is 1.17. The van der Waals surface area contributed by atoms with E-state index in [0.29, 0.717) is 0 Å². The van der Waals surface area contributed by atoms with E-state index in [1.165, 1.54) is 0 Å². The first kappa shape index (κ1) is 11.7. The zero-order valence-electron chi connectivity index (χ0n) is 8.12. The Hall–Kier alpha value is -1.32. The highest BCUT2D eigenvalue weighted by atomic mass is 16.7. The molecule has 0 spiro atoms. The number of rotatable bonds is 3. The largest absolute Gasteiger partial charge is 0.427 e. The van der Waals surface area contributed by atoms with Crippen molar-refractivity contribution in [1.82, 2.24) is 0 Å². The first-order chi connectivity index (χ1) is 5.88. The topological polar surface area (TPSA) is 52.6 Å². The molecule has 0 rings (SSSR count). The van der Waals surface area contributed by atoms with E-state index in [-0.39, 0.29) is 6.79 Å². The molecule has 0 aromatic rings. The highest BCUT2D eigenvalue weighted by Crippen LogP contribution is 2.14. The predicted molar refractivity (Wildman–Crippen MR) is 46.7 cm³/mol. The molecule has 0 aromatic heterocycles. The highest BCUT2D eigenvalue weighted by molar-refractivity contribution is 5.81. The average Bonchev–Trinajstić information content (AvgIpc) is 2.02. The molecule has 0 saturated heterocycles. The van der Waals surface area contributed by atoms with Crippen molar-refractivity contribution >= 4 is 11.9 Å². The van der Waals surface area contributed by atoms with Crippen LogP contribution in [0.3, 0.4) is 0 Å². The zero-order valence-corrected chi connectivity index (χ0v) is 8.12. The second-order valence-corrected chi connectivity index (χ2v) is 3.47. The lowest BCUT2D eigenvalue weighted by atomic mass is 9.98. The Bertz CT molecular complexity index is 212. The Morgan fingerprint density at radius 3 is 2.23 bits per heavy atom. The van der Waals surface area contributed by atoms with Gasteiger partial charge < -0.3 is 9.47 Å². The van der Waals surface area contributed by atoms with E-state index in [0.717, 1.165) is 6.08 Å². The predicted octanol–water partition coefficient (Wildman–Crippen LogP) is 1.26. The quantitative estimate of drug-likeness (QED) is 0.378. The Balaban J connectivity index is 3.73. The molecule has 0 fully saturated rings. The number of ether oxygens (including phenoxy) is 2. The number of carbonyl (C=O) groups excluding carboxylic acids is 2. The molecule has 0 saturated carbocycles. The van der Waals surface area contributed by atoms with Gasteiger partial charge >= 0.3 is 11.9 Å². The molecule has 13 heavy (non-hydrogen) atoms. The van der Waals surface area contributed by atoms with E-state index in [9.17, 15) is 9.59 Å². The van der Waals surface area contributed by atoms with Gasteiger partial charge in [0.2, 0.25) is 6.79 Å². The average molecular weight is 186 g/mol. The summed E-state index contributed by atoms with van der Waals surface area (Å²) in [7, 11) is 0. The minimum Gasteiger partial charge on any atom is -0.427 e. The van der Waals surface area contributed by atoms with Gasteiger partial charge in [-0.15, -0.1) is 0 Å². The molecular formula is C9H14O4. The molecule has 0 atom stereocenters. The van der Waals surface area contributed by atoms with Crippen LogP contribution in [0.25, 0.3) is 0 Å². The van der Waals surface area contributed by atoms with Crippen molar-refractivity contribution in [1.29, 1.82) is 0 Å². The van der Waals surface area contributed by atoms with Gasteiger partial charge in [-0.1, -0.05) is 6.58 Å². The second-order valence-electron chi connectivity index (χ2n) is 3.47. The fraction of sp³-hybridized carbons (Fsp3) is 0.556.